The normalized spacial score (nSPS) is 12.0. The number of unbranched alkanes of at least 4 members (excludes halogenated alkanes) is 2. The van der Waals surface area contributed by atoms with Crippen LogP contribution in [0.15, 0.2) is 0 Å². The Morgan fingerprint density at radius 3 is 0.938 bits per heavy atom. The summed E-state index contributed by atoms with van der Waals surface area (Å²) in [5, 5.41) is 61.5. The van der Waals surface area contributed by atoms with Gasteiger partial charge in [-0.2, -0.15) is 0 Å². The van der Waals surface area contributed by atoms with Crippen molar-refractivity contribution in [2.24, 2.45) is 0 Å². The number of hydrogen-bond donors (Lipinski definition) is 15. The number of carbonyl (C=O) groups excluding carboxylic acids is 1. The molecule has 27 heteroatoms. The number of carbonyl (C=O) groups is 3. The van der Waals surface area contributed by atoms with Crippen LogP contribution in [0, 0.1) is 0 Å². The first-order valence-corrected chi connectivity index (χ1v) is 30.3. The lowest BCUT2D eigenvalue weighted by Crippen LogP contribution is -2.41. The SMILES string of the molecule is COCCOCCOCCOCCOCCOCCOCCOCCOCCC(=O)NCCCCC(NCCNCCNCCNCCCNCCNCCCCNCCNCCCNCCNCCNCCNCC(=O)O)C(=O)O. The highest BCUT2D eigenvalue weighted by atomic mass is 16.6. The number of carboxylic acids is 2. The summed E-state index contributed by atoms with van der Waals surface area (Å²) in [5.41, 5.74) is 0. The van der Waals surface area contributed by atoms with Crippen LogP contribution in [0.5, 0.6) is 0 Å². The number of hydrogen-bond acceptors (Lipinski definition) is 24. The van der Waals surface area contributed by atoms with Gasteiger partial charge in [-0.1, -0.05) is 0 Å². The highest BCUT2D eigenvalue weighted by Gasteiger charge is 2.15. The Bertz CT molecular complexity index is 1290. The molecule has 81 heavy (non-hydrogen) atoms. The Morgan fingerprint density at radius 1 is 0.321 bits per heavy atom. The molecule has 0 radical (unpaired) electrons. The largest absolute Gasteiger partial charge is 0.480 e. The van der Waals surface area contributed by atoms with Gasteiger partial charge in [-0.25, -0.2) is 0 Å². The lowest BCUT2D eigenvalue weighted by atomic mass is 10.1. The van der Waals surface area contributed by atoms with Gasteiger partial charge in [0.15, 0.2) is 0 Å². The van der Waals surface area contributed by atoms with E-state index in [0.29, 0.717) is 158 Å². The van der Waals surface area contributed by atoms with E-state index in [-0.39, 0.29) is 18.9 Å². The highest BCUT2D eigenvalue weighted by Crippen LogP contribution is 2.01. The maximum absolute atomic E-state index is 12.2. The molecule has 0 rings (SSSR count). The molecule has 0 aliphatic heterocycles. The molecule has 0 aromatic carbocycles. The predicted octanol–water partition coefficient (Wildman–Crippen LogP) is -3.38. The third-order valence-electron chi connectivity index (χ3n) is 11.7. The van der Waals surface area contributed by atoms with Crippen LogP contribution in [0.25, 0.3) is 0 Å². The molecule has 0 bridgehead atoms. The van der Waals surface area contributed by atoms with Gasteiger partial charge in [0.2, 0.25) is 5.91 Å². The second-order valence-electron chi connectivity index (χ2n) is 18.8. The molecule has 15 N–H and O–H groups in total. The van der Waals surface area contributed by atoms with E-state index in [9.17, 15) is 19.5 Å². The molecule has 0 heterocycles. The fraction of sp³-hybridized carbons (Fsp3) is 0.944. The van der Waals surface area contributed by atoms with Gasteiger partial charge in [-0.05, 0) is 84.2 Å². The zero-order chi connectivity index (χ0) is 58.5. The second-order valence-corrected chi connectivity index (χ2v) is 18.8. The highest BCUT2D eigenvalue weighted by molar-refractivity contribution is 5.76. The average molecular weight is 1170 g/mol. The minimum atomic E-state index is -0.861. The van der Waals surface area contributed by atoms with E-state index >= 15 is 0 Å². The molecule has 27 nitrogen and oxygen atoms in total. The molecule has 1 amide bonds. The Labute approximate surface area is 486 Å². The van der Waals surface area contributed by atoms with E-state index in [4.69, 9.17) is 47.7 Å². The van der Waals surface area contributed by atoms with Gasteiger partial charge >= 0.3 is 11.9 Å². The number of carboxylic acid groups (broad SMARTS) is 2. The summed E-state index contributed by atoms with van der Waals surface area (Å²) in [6.45, 7) is 28.5. The molecule has 0 aromatic rings. The summed E-state index contributed by atoms with van der Waals surface area (Å²) in [6.07, 6.45) is 6.69. The van der Waals surface area contributed by atoms with Crippen molar-refractivity contribution in [1.82, 2.24) is 69.1 Å². The van der Waals surface area contributed by atoms with Crippen molar-refractivity contribution in [2.45, 2.75) is 57.4 Å². The van der Waals surface area contributed by atoms with Gasteiger partial charge in [0.25, 0.3) is 0 Å². The van der Waals surface area contributed by atoms with Crippen LogP contribution < -0.4 is 69.1 Å². The summed E-state index contributed by atoms with van der Waals surface area (Å²) in [7, 11) is 1.64. The molecule has 0 fully saturated rings. The van der Waals surface area contributed by atoms with E-state index in [1.54, 1.807) is 7.11 Å². The van der Waals surface area contributed by atoms with Crippen molar-refractivity contribution >= 4 is 17.8 Å². The van der Waals surface area contributed by atoms with Crippen molar-refractivity contribution in [3.8, 4) is 0 Å². The minimum absolute atomic E-state index is 0.00507. The van der Waals surface area contributed by atoms with E-state index in [2.05, 4.69) is 69.1 Å². The van der Waals surface area contributed by atoms with Crippen molar-refractivity contribution in [1.29, 1.82) is 0 Å². The van der Waals surface area contributed by atoms with Gasteiger partial charge in [-0.3, -0.25) is 14.4 Å². The zero-order valence-corrected chi connectivity index (χ0v) is 50.0. The van der Waals surface area contributed by atoms with Crippen LogP contribution in [0.2, 0.25) is 0 Å². The maximum atomic E-state index is 12.2. The molecule has 482 valence electrons. The van der Waals surface area contributed by atoms with Crippen LogP contribution in [-0.2, 0) is 57.0 Å². The van der Waals surface area contributed by atoms with Gasteiger partial charge in [0, 0.05) is 125 Å². The topological polar surface area (TPSA) is 331 Å². The fourth-order valence-electron chi connectivity index (χ4n) is 7.25. The van der Waals surface area contributed by atoms with Gasteiger partial charge < -0.3 is 122 Å². The number of rotatable bonds is 73. The standard InChI is InChI=1S/C54H117N13O14/c1-73-34-35-75-38-39-77-42-43-79-46-47-81-49-48-80-45-44-78-41-40-76-37-36-74-33-9-52(68)67-16-3-2-8-51(54(71)72)66-32-31-64-28-27-62-24-22-60-15-7-13-58-20-18-56-11-5-4-10-55-17-19-57-12-6-14-59-21-23-61-25-26-63-29-30-65-50-53(69)70/h51,55-66H,2-50H2,1H3,(H,67,68)(H,69,70)(H,71,72). The summed E-state index contributed by atoms with van der Waals surface area (Å²) in [5.74, 6) is -1.78. The Hall–Kier alpha value is -2.43. The van der Waals surface area contributed by atoms with Gasteiger partial charge in [0.1, 0.15) is 6.04 Å². The molecule has 0 aromatic heterocycles. The summed E-state index contributed by atoms with van der Waals surface area (Å²) in [6, 6.07) is -0.618. The van der Waals surface area contributed by atoms with Gasteiger partial charge in [-0.15, -0.1) is 0 Å². The average Bonchev–Trinajstić information content (AvgIpc) is 3.45. The molecule has 0 aliphatic rings. The van der Waals surface area contributed by atoms with Crippen molar-refractivity contribution < 1.29 is 67.2 Å². The molecule has 0 spiro atoms. The van der Waals surface area contributed by atoms with Crippen molar-refractivity contribution in [3.63, 3.8) is 0 Å². The lowest BCUT2D eigenvalue weighted by Gasteiger charge is -2.15. The van der Waals surface area contributed by atoms with Crippen LogP contribution in [-0.4, -0.2) is 311 Å². The molecule has 1 unspecified atom stereocenters. The Kier molecular flexibility index (Phi) is 68.0. The van der Waals surface area contributed by atoms with Crippen LogP contribution in [0.4, 0.5) is 0 Å². The van der Waals surface area contributed by atoms with Crippen molar-refractivity contribution in [2.75, 3.05) is 277 Å². The molecule has 0 saturated carbocycles. The summed E-state index contributed by atoms with van der Waals surface area (Å²) >= 11 is 0. The first-order valence-electron chi connectivity index (χ1n) is 30.3. The molecule has 1 atom stereocenters. The summed E-state index contributed by atoms with van der Waals surface area (Å²) < 4.78 is 48.6. The van der Waals surface area contributed by atoms with Crippen LogP contribution >= 0.6 is 0 Å². The number of amides is 1. The van der Waals surface area contributed by atoms with Crippen LogP contribution in [0.1, 0.15) is 51.4 Å². The maximum Gasteiger partial charge on any atom is 0.320 e. The number of ether oxygens (including phenoxy) is 9. The second kappa shape index (κ2) is 70.1. The number of methoxy groups -OCH3 is 1. The van der Waals surface area contributed by atoms with E-state index in [1.807, 2.05) is 0 Å². The smallest absolute Gasteiger partial charge is 0.320 e. The third-order valence-corrected chi connectivity index (χ3v) is 11.7. The summed E-state index contributed by atoms with van der Waals surface area (Å²) in [4.78, 5) is 34.3. The molecular formula is C54H117N13O14. The first-order chi connectivity index (χ1) is 40.0. The van der Waals surface area contributed by atoms with Crippen LogP contribution in [0.3, 0.4) is 0 Å². The number of nitrogens with one attached hydrogen (secondary N) is 13. The zero-order valence-electron chi connectivity index (χ0n) is 50.0. The van der Waals surface area contributed by atoms with E-state index in [1.165, 1.54) is 12.8 Å². The molecule has 0 saturated heterocycles. The van der Waals surface area contributed by atoms with Crippen molar-refractivity contribution in [3.05, 3.63) is 0 Å². The minimum Gasteiger partial charge on any atom is -0.480 e. The Balaban J connectivity index is 3.33. The first kappa shape index (κ1) is 78.6. The van der Waals surface area contributed by atoms with Gasteiger partial charge in [0.05, 0.1) is 119 Å². The quantitative estimate of drug-likeness (QED) is 0.0264. The molecule has 0 aliphatic carbocycles. The van der Waals surface area contributed by atoms with E-state index < -0.39 is 18.0 Å². The van der Waals surface area contributed by atoms with E-state index in [0.717, 1.165) is 137 Å². The predicted molar refractivity (Wildman–Crippen MR) is 317 cm³/mol. The fourth-order valence-corrected chi connectivity index (χ4v) is 7.25. The Morgan fingerprint density at radius 2 is 0.605 bits per heavy atom. The monoisotopic (exact) mass is 1170 g/mol. The lowest BCUT2D eigenvalue weighted by molar-refractivity contribution is -0.140. The molecular weight excluding hydrogens is 1050 g/mol. The third kappa shape index (κ3) is 70.0. The number of aliphatic carboxylic acids is 2.